The minimum Gasteiger partial charge on any atom is -0.480 e. The average molecular weight is 288 g/mol. The molecule has 1 rings (SSSR count). The van der Waals surface area contributed by atoms with Crippen LogP contribution in [0, 0.1) is 5.82 Å². The maximum absolute atomic E-state index is 13.7. The summed E-state index contributed by atoms with van der Waals surface area (Å²) in [6.45, 7) is 4.55. The summed E-state index contributed by atoms with van der Waals surface area (Å²) >= 11 is 5.62. The lowest BCUT2D eigenvalue weighted by atomic mass is 10.0. The van der Waals surface area contributed by atoms with Gasteiger partial charge in [0.05, 0.1) is 5.56 Å². The molecule has 0 aliphatic heterocycles. The smallest absolute Gasteiger partial charge is 0.323 e. The molecular formula is C13H15ClFNO3. The maximum atomic E-state index is 13.7. The lowest BCUT2D eigenvalue weighted by Crippen LogP contribution is -2.48. The summed E-state index contributed by atoms with van der Waals surface area (Å²) < 4.78 is 13.7. The Hall–Kier alpha value is -1.62. The van der Waals surface area contributed by atoms with E-state index in [0.29, 0.717) is 0 Å². The molecule has 1 amide bonds. The molecule has 0 bridgehead atoms. The Balaban J connectivity index is 3.16. The molecule has 0 aliphatic carbocycles. The molecule has 104 valence electrons. The number of carbonyl (C=O) groups is 2. The molecule has 0 heterocycles. The topological polar surface area (TPSA) is 57.6 Å². The Morgan fingerprint density at radius 2 is 1.95 bits per heavy atom. The van der Waals surface area contributed by atoms with E-state index in [4.69, 9.17) is 16.7 Å². The van der Waals surface area contributed by atoms with Gasteiger partial charge in [0.25, 0.3) is 5.91 Å². The number of aliphatic carboxylic acids is 1. The van der Waals surface area contributed by atoms with Crippen LogP contribution in [0.1, 0.15) is 31.1 Å². The first-order valence-corrected chi connectivity index (χ1v) is 5.99. The molecule has 1 aromatic carbocycles. The first-order chi connectivity index (χ1) is 8.62. The van der Waals surface area contributed by atoms with Crippen LogP contribution in [0.2, 0.25) is 5.02 Å². The second-order valence-corrected chi connectivity index (χ2v) is 5.52. The Bertz CT molecular complexity index is 511. The number of hydrogen-bond donors (Lipinski definition) is 1. The first kappa shape index (κ1) is 15.4. The van der Waals surface area contributed by atoms with Crippen LogP contribution in [0.3, 0.4) is 0 Å². The van der Waals surface area contributed by atoms with Gasteiger partial charge in [-0.1, -0.05) is 11.6 Å². The minimum atomic E-state index is -1.15. The van der Waals surface area contributed by atoms with Crippen LogP contribution in [0.15, 0.2) is 18.2 Å². The molecule has 0 unspecified atom stereocenters. The van der Waals surface area contributed by atoms with Gasteiger partial charge in [-0.2, -0.15) is 0 Å². The average Bonchev–Trinajstić information content (AvgIpc) is 2.23. The second-order valence-electron chi connectivity index (χ2n) is 5.08. The molecule has 6 heteroatoms. The maximum Gasteiger partial charge on any atom is 0.323 e. The number of rotatable bonds is 3. The predicted octanol–water partition coefficient (Wildman–Crippen LogP) is 2.80. The van der Waals surface area contributed by atoms with Crippen LogP contribution in [0.25, 0.3) is 0 Å². The third-order valence-corrected chi connectivity index (χ3v) is 2.74. The van der Waals surface area contributed by atoms with Gasteiger partial charge in [0, 0.05) is 10.6 Å². The molecule has 0 radical (unpaired) electrons. The third-order valence-electron chi connectivity index (χ3n) is 2.51. The second kappa shape index (κ2) is 5.57. The van der Waals surface area contributed by atoms with Crippen molar-refractivity contribution in [3.63, 3.8) is 0 Å². The highest BCUT2D eigenvalue weighted by atomic mass is 35.5. The van der Waals surface area contributed by atoms with Gasteiger partial charge in [0.2, 0.25) is 0 Å². The monoisotopic (exact) mass is 287 g/mol. The van der Waals surface area contributed by atoms with Crippen LogP contribution in [0.4, 0.5) is 4.39 Å². The summed E-state index contributed by atoms with van der Waals surface area (Å²) in [6.07, 6.45) is 0. The summed E-state index contributed by atoms with van der Waals surface area (Å²) in [6, 6.07) is 3.66. The summed E-state index contributed by atoms with van der Waals surface area (Å²) in [4.78, 5) is 24.2. The fraction of sp³-hybridized carbons (Fsp3) is 0.385. The van der Waals surface area contributed by atoms with Gasteiger partial charge in [-0.25, -0.2) is 4.39 Å². The van der Waals surface area contributed by atoms with E-state index in [0.717, 1.165) is 11.0 Å². The van der Waals surface area contributed by atoms with Crippen molar-refractivity contribution in [1.29, 1.82) is 0 Å². The molecule has 0 fully saturated rings. The van der Waals surface area contributed by atoms with Gasteiger partial charge < -0.3 is 10.0 Å². The number of carbonyl (C=O) groups excluding carboxylic acids is 1. The molecule has 0 saturated carbocycles. The zero-order valence-electron chi connectivity index (χ0n) is 10.9. The summed E-state index contributed by atoms with van der Waals surface area (Å²) in [5.41, 5.74) is -0.928. The lowest BCUT2D eigenvalue weighted by molar-refractivity contribution is -0.138. The Labute approximate surface area is 115 Å². The quantitative estimate of drug-likeness (QED) is 0.930. The SMILES string of the molecule is CC(C)(C)N(CC(=O)O)C(=O)c1ccc(Cl)cc1F. The van der Waals surface area contributed by atoms with E-state index < -0.39 is 29.8 Å². The molecule has 4 nitrogen and oxygen atoms in total. The van der Waals surface area contributed by atoms with Crippen molar-refractivity contribution in [3.05, 3.63) is 34.6 Å². The lowest BCUT2D eigenvalue weighted by Gasteiger charge is -2.34. The summed E-state index contributed by atoms with van der Waals surface area (Å²) in [7, 11) is 0. The Kier molecular flexibility index (Phi) is 4.52. The molecular weight excluding hydrogens is 273 g/mol. The molecule has 0 spiro atoms. The standard InChI is InChI=1S/C13H15ClFNO3/c1-13(2,3)16(7-11(17)18)12(19)9-5-4-8(14)6-10(9)15/h4-6H,7H2,1-3H3,(H,17,18). The molecule has 1 N–H and O–H groups in total. The number of nitrogens with zero attached hydrogens (tertiary/aromatic N) is 1. The van der Waals surface area contributed by atoms with Gasteiger partial charge in [-0.3, -0.25) is 9.59 Å². The highest BCUT2D eigenvalue weighted by Crippen LogP contribution is 2.21. The van der Waals surface area contributed by atoms with Crippen molar-refractivity contribution in [2.75, 3.05) is 6.54 Å². The van der Waals surface area contributed by atoms with Crippen molar-refractivity contribution in [2.24, 2.45) is 0 Å². The highest BCUT2D eigenvalue weighted by Gasteiger charge is 2.30. The number of carboxylic acids is 1. The number of amides is 1. The summed E-state index contributed by atoms with van der Waals surface area (Å²) in [5.74, 6) is -2.60. The molecule has 1 aromatic rings. The van der Waals surface area contributed by atoms with E-state index in [1.54, 1.807) is 20.8 Å². The largest absolute Gasteiger partial charge is 0.480 e. The summed E-state index contributed by atoms with van der Waals surface area (Å²) in [5, 5.41) is 9.02. The fourth-order valence-corrected chi connectivity index (χ4v) is 1.72. The van der Waals surface area contributed by atoms with Crippen LogP contribution in [-0.2, 0) is 4.79 Å². The van der Waals surface area contributed by atoms with Crippen LogP contribution < -0.4 is 0 Å². The van der Waals surface area contributed by atoms with Crippen molar-refractivity contribution >= 4 is 23.5 Å². The van der Waals surface area contributed by atoms with Crippen LogP contribution >= 0.6 is 11.6 Å². The number of halogens is 2. The van der Waals surface area contributed by atoms with Gasteiger partial charge in [-0.15, -0.1) is 0 Å². The fourth-order valence-electron chi connectivity index (χ4n) is 1.56. The third kappa shape index (κ3) is 3.92. The normalized spacial score (nSPS) is 11.2. The van der Waals surface area contributed by atoms with Gasteiger partial charge in [0.1, 0.15) is 12.4 Å². The molecule has 0 aliphatic rings. The number of carboxylic acid groups (broad SMARTS) is 1. The van der Waals surface area contributed by atoms with Crippen molar-refractivity contribution in [2.45, 2.75) is 26.3 Å². The highest BCUT2D eigenvalue weighted by molar-refractivity contribution is 6.30. The van der Waals surface area contributed by atoms with E-state index in [-0.39, 0.29) is 10.6 Å². The Morgan fingerprint density at radius 3 is 2.37 bits per heavy atom. The number of hydrogen-bond acceptors (Lipinski definition) is 2. The van der Waals surface area contributed by atoms with E-state index in [9.17, 15) is 14.0 Å². The number of benzene rings is 1. The zero-order valence-corrected chi connectivity index (χ0v) is 11.7. The molecule has 0 atom stereocenters. The molecule has 0 saturated heterocycles. The van der Waals surface area contributed by atoms with E-state index in [1.807, 2.05) is 0 Å². The van der Waals surface area contributed by atoms with Crippen molar-refractivity contribution in [1.82, 2.24) is 4.90 Å². The first-order valence-electron chi connectivity index (χ1n) is 5.61. The van der Waals surface area contributed by atoms with Gasteiger partial charge in [-0.05, 0) is 39.0 Å². The van der Waals surface area contributed by atoms with Crippen molar-refractivity contribution in [3.8, 4) is 0 Å². The molecule has 0 aromatic heterocycles. The van der Waals surface area contributed by atoms with E-state index in [2.05, 4.69) is 0 Å². The van der Waals surface area contributed by atoms with Crippen LogP contribution in [-0.4, -0.2) is 34.0 Å². The van der Waals surface area contributed by atoms with Crippen molar-refractivity contribution < 1.29 is 19.1 Å². The van der Waals surface area contributed by atoms with Gasteiger partial charge >= 0.3 is 5.97 Å². The van der Waals surface area contributed by atoms with Crippen LogP contribution in [0.5, 0.6) is 0 Å². The predicted molar refractivity (Wildman–Crippen MR) is 69.8 cm³/mol. The minimum absolute atomic E-state index is 0.176. The molecule has 19 heavy (non-hydrogen) atoms. The van der Waals surface area contributed by atoms with E-state index >= 15 is 0 Å². The zero-order chi connectivity index (χ0) is 14.8. The van der Waals surface area contributed by atoms with E-state index in [1.165, 1.54) is 12.1 Å². The Morgan fingerprint density at radius 1 is 1.37 bits per heavy atom. The van der Waals surface area contributed by atoms with Gasteiger partial charge in [0.15, 0.2) is 0 Å².